The molecule has 49 heavy (non-hydrogen) atoms. The number of benzene rings is 2. The van der Waals surface area contributed by atoms with Crippen LogP contribution in [0.5, 0.6) is 0 Å². The van der Waals surface area contributed by atoms with Gasteiger partial charge >= 0.3 is 0 Å². The Kier molecular flexibility index (Phi) is 23.0. The van der Waals surface area contributed by atoms with E-state index in [-0.39, 0.29) is 85.5 Å². The molecule has 0 saturated carbocycles. The Balaban J connectivity index is 0. The van der Waals surface area contributed by atoms with Gasteiger partial charge in [0.05, 0.1) is 32.3 Å². The van der Waals surface area contributed by atoms with Crippen LogP contribution >= 0.6 is 0 Å². The standard InChI is InChI=1S/C12H15NO3.C11H13NO2.C9H17NO2.C5H8O2/c1-13(7-8-14)12(16)9-11(15)10-5-3-2-4-6-10;1-12(2)11(14)8-10(13)9-6-4-3-5-7-9;1-9(2,3)7(11)6-8(12)10(4)5;1-4(6)3-5(2)7/h2-6,14H,7-9H2,1H3;3-7H,8H2,1-2H3;6H2,1-5H3;3H2,1-2H3. The lowest BCUT2D eigenvalue weighted by molar-refractivity contribution is -0.137. The second-order valence-corrected chi connectivity index (χ2v) is 12.5. The van der Waals surface area contributed by atoms with Gasteiger partial charge in [-0.1, -0.05) is 81.4 Å². The van der Waals surface area contributed by atoms with Crippen molar-refractivity contribution >= 4 is 46.6 Å². The van der Waals surface area contributed by atoms with E-state index >= 15 is 0 Å². The van der Waals surface area contributed by atoms with Crippen LogP contribution in [0, 0.1) is 5.41 Å². The van der Waals surface area contributed by atoms with E-state index in [1.807, 2.05) is 32.9 Å². The highest BCUT2D eigenvalue weighted by atomic mass is 16.3. The molecule has 3 amide bonds. The summed E-state index contributed by atoms with van der Waals surface area (Å²) in [4.78, 5) is 92.6. The van der Waals surface area contributed by atoms with E-state index in [1.54, 1.807) is 83.8 Å². The first-order valence-corrected chi connectivity index (χ1v) is 15.6. The number of hydrogen-bond acceptors (Lipinski definition) is 9. The molecular formula is C37H53N3O9. The van der Waals surface area contributed by atoms with Crippen molar-refractivity contribution < 1.29 is 43.5 Å². The second-order valence-electron chi connectivity index (χ2n) is 12.5. The van der Waals surface area contributed by atoms with Crippen LogP contribution in [-0.2, 0) is 28.8 Å². The van der Waals surface area contributed by atoms with E-state index < -0.39 is 5.41 Å². The van der Waals surface area contributed by atoms with Gasteiger partial charge in [-0.25, -0.2) is 0 Å². The third-order valence-corrected chi connectivity index (χ3v) is 6.32. The number of nitrogens with zero attached hydrogens (tertiary/aromatic N) is 3. The Bertz CT molecular complexity index is 1370. The summed E-state index contributed by atoms with van der Waals surface area (Å²) in [5.41, 5.74) is 0.710. The second kappa shape index (κ2) is 24.3. The van der Waals surface area contributed by atoms with E-state index in [2.05, 4.69) is 0 Å². The van der Waals surface area contributed by atoms with Gasteiger partial charge in [-0.3, -0.25) is 38.4 Å². The fourth-order valence-electron chi connectivity index (χ4n) is 3.21. The molecule has 0 aliphatic rings. The molecule has 2 rings (SSSR count). The van der Waals surface area contributed by atoms with Crippen LogP contribution in [0.4, 0.5) is 0 Å². The van der Waals surface area contributed by atoms with Crippen molar-refractivity contribution in [3.05, 3.63) is 71.8 Å². The molecule has 0 heterocycles. The third kappa shape index (κ3) is 23.2. The van der Waals surface area contributed by atoms with Gasteiger partial charge in [0.25, 0.3) is 0 Å². The minimum absolute atomic E-state index is 0.0104. The molecule has 0 aliphatic carbocycles. The predicted molar refractivity (Wildman–Crippen MR) is 188 cm³/mol. The molecule has 12 nitrogen and oxygen atoms in total. The lowest BCUT2D eigenvalue weighted by Gasteiger charge is -2.17. The van der Waals surface area contributed by atoms with Gasteiger partial charge in [0, 0.05) is 58.3 Å². The molecule has 2 aromatic rings. The smallest absolute Gasteiger partial charge is 0.230 e. The maximum absolute atomic E-state index is 11.7. The van der Waals surface area contributed by atoms with Crippen LogP contribution in [0.25, 0.3) is 0 Å². The van der Waals surface area contributed by atoms with Crippen molar-refractivity contribution in [3.8, 4) is 0 Å². The summed E-state index contributed by atoms with van der Waals surface area (Å²) in [5.74, 6) is -1.04. The van der Waals surface area contributed by atoms with E-state index in [0.717, 1.165) is 0 Å². The maximum atomic E-state index is 11.7. The fraction of sp³-hybridized carbons (Fsp3) is 0.459. The Morgan fingerprint density at radius 2 is 0.898 bits per heavy atom. The first-order valence-electron chi connectivity index (χ1n) is 15.6. The number of ketones is 5. The lowest BCUT2D eigenvalue weighted by Crippen LogP contribution is -2.31. The lowest BCUT2D eigenvalue weighted by atomic mass is 9.89. The van der Waals surface area contributed by atoms with Crippen LogP contribution in [0.3, 0.4) is 0 Å². The average Bonchev–Trinajstić information content (AvgIpc) is 3.01. The molecule has 1 N–H and O–H groups in total. The van der Waals surface area contributed by atoms with Gasteiger partial charge < -0.3 is 19.8 Å². The van der Waals surface area contributed by atoms with Gasteiger partial charge in [0.1, 0.15) is 17.3 Å². The first-order chi connectivity index (χ1) is 22.6. The van der Waals surface area contributed by atoms with Crippen molar-refractivity contribution in [2.24, 2.45) is 5.41 Å². The molecule has 0 bridgehead atoms. The number of Topliss-reactive ketones (excluding diaryl/α,β-unsaturated/α-hetero) is 5. The molecule has 0 unspecified atom stereocenters. The highest BCUT2D eigenvalue weighted by Crippen LogP contribution is 2.16. The van der Waals surface area contributed by atoms with Crippen LogP contribution in [-0.4, -0.2) is 115 Å². The van der Waals surface area contributed by atoms with Crippen LogP contribution in [0.15, 0.2) is 60.7 Å². The normalized spacial score (nSPS) is 9.86. The topological polar surface area (TPSA) is 167 Å². The van der Waals surface area contributed by atoms with Crippen molar-refractivity contribution in [2.45, 2.75) is 60.3 Å². The molecule has 0 fully saturated rings. The minimum atomic E-state index is -0.411. The van der Waals surface area contributed by atoms with E-state index in [0.29, 0.717) is 11.1 Å². The molecule has 0 spiro atoms. The molecule has 270 valence electrons. The molecule has 0 atom stereocenters. The molecule has 2 aromatic carbocycles. The number of aliphatic hydroxyl groups excluding tert-OH is 1. The minimum Gasteiger partial charge on any atom is -0.395 e. The van der Waals surface area contributed by atoms with Crippen LogP contribution in [0.1, 0.15) is 81.0 Å². The van der Waals surface area contributed by atoms with Gasteiger partial charge in [-0.2, -0.15) is 0 Å². The zero-order valence-electron chi connectivity index (χ0n) is 30.6. The number of hydrogen-bond donors (Lipinski definition) is 1. The number of likely N-dealkylation sites (N-methyl/N-ethyl adjacent to an activating group) is 1. The van der Waals surface area contributed by atoms with E-state index in [9.17, 15) is 38.4 Å². The Labute approximate surface area is 290 Å². The zero-order chi connectivity index (χ0) is 38.3. The van der Waals surface area contributed by atoms with Crippen molar-refractivity contribution in [3.63, 3.8) is 0 Å². The number of carbonyl (C=O) groups is 8. The molecule has 12 heteroatoms. The third-order valence-electron chi connectivity index (χ3n) is 6.32. The van der Waals surface area contributed by atoms with Gasteiger partial charge in [-0.15, -0.1) is 0 Å². The monoisotopic (exact) mass is 683 g/mol. The van der Waals surface area contributed by atoms with Gasteiger partial charge in [-0.05, 0) is 13.8 Å². The molecule has 0 aliphatic heterocycles. The summed E-state index contributed by atoms with van der Waals surface area (Å²) >= 11 is 0. The van der Waals surface area contributed by atoms with Gasteiger partial charge in [0.2, 0.25) is 17.7 Å². The summed E-state index contributed by atoms with van der Waals surface area (Å²) < 4.78 is 0. The molecular weight excluding hydrogens is 630 g/mol. The number of carbonyl (C=O) groups excluding carboxylic acids is 8. The summed E-state index contributed by atoms with van der Waals surface area (Å²) in [6, 6.07) is 17.5. The van der Waals surface area contributed by atoms with E-state index in [4.69, 9.17) is 5.11 Å². The highest BCUT2D eigenvalue weighted by Gasteiger charge is 2.24. The van der Waals surface area contributed by atoms with Crippen molar-refractivity contribution in [2.75, 3.05) is 48.4 Å². The zero-order valence-corrected chi connectivity index (χ0v) is 30.6. The highest BCUT2D eigenvalue weighted by molar-refractivity contribution is 6.08. The van der Waals surface area contributed by atoms with Crippen LogP contribution in [0.2, 0.25) is 0 Å². The van der Waals surface area contributed by atoms with Crippen molar-refractivity contribution in [1.29, 1.82) is 0 Å². The predicted octanol–water partition coefficient (Wildman–Crippen LogP) is 3.69. The van der Waals surface area contributed by atoms with Crippen LogP contribution < -0.4 is 0 Å². The van der Waals surface area contributed by atoms with Crippen molar-refractivity contribution in [1.82, 2.24) is 14.7 Å². The Morgan fingerprint density at radius 3 is 1.18 bits per heavy atom. The molecule has 0 radical (unpaired) electrons. The number of rotatable bonds is 12. The first kappa shape index (κ1) is 46.3. The summed E-state index contributed by atoms with van der Waals surface area (Å²) in [5, 5.41) is 8.66. The van der Waals surface area contributed by atoms with E-state index in [1.165, 1.54) is 28.5 Å². The maximum Gasteiger partial charge on any atom is 0.230 e. The number of amides is 3. The SMILES string of the molecule is CC(=O)CC(C)=O.CN(C)C(=O)CC(=O)C(C)(C)C.CN(C)C(=O)CC(=O)c1ccccc1.CN(CCO)C(=O)CC(=O)c1ccccc1. The summed E-state index contributed by atoms with van der Waals surface area (Å²) in [6.07, 6.45) is -0.117. The quantitative estimate of drug-likeness (QED) is 0.259. The summed E-state index contributed by atoms with van der Waals surface area (Å²) in [7, 11) is 8.15. The van der Waals surface area contributed by atoms with Gasteiger partial charge in [0.15, 0.2) is 11.6 Å². The Hall–Kier alpha value is -4.84. The fourth-order valence-corrected chi connectivity index (χ4v) is 3.21. The molecule has 0 saturated heterocycles. The largest absolute Gasteiger partial charge is 0.395 e. The average molecular weight is 684 g/mol. The Morgan fingerprint density at radius 1 is 0.551 bits per heavy atom. The number of aliphatic hydroxyl groups is 1. The summed E-state index contributed by atoms with van der Waals surface area (Å²) in [6.45, 7) is 8.42. The molecule has 0 aromatic heterocycles.